The third-order valence-electron chi connectivity index (χ3n) is 2.58. The maximum atomic E-state index is 13.7. The molecule has 0 spiro atoms. The summed E-state index contributed by atoms with van der Waals surface area (Å²) in [6.07, 6.45) is 0.784. The van der Waals surface area contributed by atoms with Crippen LogP contribution in [0.15, 0.2) is 22.7 Å². The summed E-state index contributed by atoms with van der Waals surface area (Å²) in [5, 5.41) is 3.54. The van der Waals surface area contributed by atoms with Crippen LogP contribution in [-0.2, 0) is 6.42 Å². The van der Waals surface area contributed by atoms with Gasteiger partial charge >= 0.3 is 0 Å². The van der Waals surface area contributed by atoms with Crippen LogP contribution in [0.4, 0.5) is 10.2 Å². The van der Waals surface area contributed by atoms with Gasteiger partial charge in [-0.15, -0.1) is 0 Å². The van der Waals surface area contributed by atoms with E-state index >= 15 is 0 Å². The highest BCUT2D eigenvalue weighted by molar-refractivity contribution is 5.70. The zero-order valence-corrected chi connectivity index (χ0v) is 8.37. The molecule has 0 aliphatic carbocycles. The lowest BCUT2D eigenvalue weighted by atomic mass is 10.1. The summed E-state index contributed by atoms with van der Waals surface area (Å²) < 4.78 is 24.1. The molecule has 2 heterocycles. The van der Waals surface area contributed by atoms with E-state index in [2.05, 4.69) is 5.16 Å². The van der Waals surface area contributed by atoms with E-state index in [1.807, 2.05) is 0 Å². The topological polar surface area (TPSA) is 61.3 Å². The monoisotopic (exact) mass is 220 g/mol. The van der Waals surface area contributed by atoms with E-state index < -0.39 is 5.82 Å². The Hall–Kier alpha value is -2.04. The molecule has 0 atom stereocenters. The molecule has 5 heteroatoms. The molecule has 1 aliphatic rings. The van der Waals surface area contributed by atoms with Crippen molar-refractivity contribution in [2.45, 2.75) is 6.42 Å². The average Bonchev–Trinajstić information content (AvgIpc) is 2.86. The van der Waals surface area contributed by atoms with Crippen molar-refractivity contribution < 1.29 is 13.7 Å². The van der Waals surface area contributed by atoms with E-state index in [0.717, 1.165) is 12.0 Å². The lowest BCUT2D eigenvalue weighted by molar-refractivity contribution is 0.354. The van der Waals surface area contributed by atoms with Crippen LogP contribution in [0.1, 0.15) is 5.56 Å². The van der Waals surface area contributed by atoms with Gasteiger partial charge in [-0.2, -0.15) is 0 Å². The van der Waals surface area contributed by atoms with E-state index in [4.69, 9.17) is 15.0 Å². The van der Waals surface area contributed by atoms with E-state index in [1.54, 1.807) is 6.07 Å². The molecule has 0 bridgehead atoms. The lowest BCUT2D eigenvalue weighted by Gasteiger charge is -2.05. The molecular formula is C11H9FN2O2. The number of aromatic nitrogens is 1. The first-order valence-corrected chi connectivity index (χ1v) is 4.92. The largest absolute Gasteiger partial charge is 0.492 e. The Balaban J connectivity index is 2.23. The molecule has 0 amide bonds. The maximum absolute atomic E-state index is 13.7. The van der Waals surface area contributed by atoms with Crippen molar-refractivity contribution in [2.24, 2.45) is 0 Å². The van der Waals surface area contributed by atoms with Gasteiger partial charge in [0.05, 0.1) is 12.2 Å². The fourth-order valence-corrected chi connectivity index (χ4v) is 1.86. The highest BCUT2D eigenvalue weighted by atomic mass is 19.1. The fraction of sp³-hybridized carbons (Fsp3) is 0.182. The number of nitrogens with two attached hydrogens (primary N) is 1. The SMILES string of the molecule is Nc1cc(-c2c(F)ccc3c2OCC3)on1. The first kappa shape index (κ1) is 9.21. The molecule has 1 aromatic heterocycles. The second-order valence-corrected chi connectivity index (χ2v) is 3.63. The first-order valence-electron chi connectivity index (χ1n) is 4.92. The summed E-state index contributed by atoms with van der Waals surface area (Å²) in [7, 11) is 0. The molecule has 0 fully saturated rings. The molecule has 0 saturated heterocycles. The van der Waals surface area contributed by atoms with Crippen molar-refractivity contribution in [3.8, 4) is 17.1 Å². The van der Waals surface area contributed by atoms with Gasteiger partial charge in [0.1, 0.15) is 11.6 Å². The van der Waals surface area contributed by atoms with Gasteiger partial charge in [0, 0.05) is 12.5 Å². The van der Waals surface area contributed by atoms with Crippen molar-refractivity contribution in [3.63, 3.8) is 0 Å². The van der Waals surface area contributed by atoms with Crippen LogP contribution in [0.5, 0.6) is 5.75 Å². The normalized spacial score (nSPS) is 13.6. The number of fused-ring (bicyclic) bond motifs is 1. The van der Waals surface area contributed by atoms with Crippen molar-refractivity contribution in [1.82, 2.24) is 5.16 Å². The van der Waals surface area contributed by atoms with Crippen molar-refractivity contribution in [3.05, 3.63) is 29.6 Å². The number of nitrogens with zero attached hydrogens (tertiary/aromatic N) is 1. The Labute approximate surface area is 90.8 Å². The molecule has 3 rings (SSSR count). The molecule has 1 aromatic carbocycles. The Morgan fingerprint density at radius 3 is 3.00 bits per heavy atom. The Morgan fingerprint density at radius 2 is 2.25 bits per heavy atom. The summed E-state index contributed by atoms with van der Waals surface area (Å²) in [4.78, 5) is 0. The quantitative estimate of drug-likeness (QED) is 0.798. The molecule has 1 aliphatic heterocycles. The molecule has 82 valence electrons. The summed E-state index contributed by atoms with van der Waals surface area (Å²) in [6.45, 7) is 0.565. The van der Waals surface area contributed by atoms with E-state index in [1.165, 1.54) is 12.1 Å². The van der Waals surface area contributed by atoms with Crippen LogP contribution in [0.2, 0.25) is 0 Å². The molecule has 2 N–H and O–H groups in total. The van der Waals surface area contributed by atoms with Gasteiger partial charge in [0.2, 0.25) is 0 Å². The standard InChI is InChI=1S/C11H9FN2O2/c12-7-2-1-6-3-4-15-11(6)10(7)8-5-9(13)14-16-8/h1-2,5H,3-4H2,(H2,13,14). The molecule has 0 saturated carbocycles. The molecule has 0 unspecified atom stereocenters. The smallest absolute Gasteiger partial charge is 0.175 e. The molecule has 16 heavy (non-hydrogen) atoms. The zero-order valence-electron chi connectivity index (χ0n) is 8.37. The van der Waals surface area contributed by atoms with Gasteiger partial charge in [-0.05, 0) is 11.6 Å². The van der Waals surface area contributed by atoms with Crippen LogP contribution < -0.4 is 10.5 Å². The summed E-state index contributed by atoms with van der Waals surface area (Å²) in [5.41, 5.74) is 6.73. The third-order valence-corrected chi connectivity index (χ3v) is 2.58. The summed E-state index contributed by atoms with van der Waals surface area (Å²) in [6, 6.07) is 4.61. The number of anilines is 1. The average molecular weight is 220 g/mol. The minimum atomic E-state index is -0.392. The predicted octanol–water partition coefficient (Wildman–Crippen LogP) is 2.00. The number of hydrogen-bond donors (Lipinski definition) is 1. The number of benzene rings is 1. The van der Waals surface area contributed by atoms with E-state index in [0.29, 0.717) is 23.7 Å². The Kier molecular flexibility index (Phi) is 1.86. The number of ether oxygens (including phenoxy) is 1. The maximum Gasteiger partial charge on any atom is 0.175 e. The second-order valence-electron chi connectivity index (χ2n) is 3.63. The van der Waals surface area contributed by atoms with Gasteiger partial charge in [0.15, 0.2) is 11.6 Å². The number of hydrogen-bond acceptors (Lipinski definition) is 4. The minimum Gasteiger partial charge on any atom is -0.492 e. The van der Waals surface area contributed by atoms with Crippen LogP contribution in [-0.4, -0.2) is 11.8 Å². The summed E-state index contributed by atoms with van der Waals surface area (Å²) >= 11 is 0. The second kappa shape index (κ2) is 3.23. The molecule has 4 nitrogen and oxygen atoms in total. The van der Waals surface area contributed by atoms with Gasteiger partial charge in [-0.1, -0.05) is 11.2 Å². The first-order chi connectivity index (χ1) is 7.75. The van der Waals surface area contributed by atoms with Crippen molar-refractivity contribution in [1.29, 1.82) is 0 Å². The molecule has 0 radical (unpaired) electrons. The van der Waals surface area contributed by atoms with Crippen LogP contribution >= 0.6 is 0 Å². The highest BCUT2D eigenvalue weighted by Gasteiger charge is 2.23. The van der Waals surface area contributed by atoms with Gasteiger partial charge < -0.3 is 15.0 Å². The van der Waals surface area contributed by atoms with Gasteiger partial charge in [-0.3, -0.25) is 0 Å². The van der Waals surface area contributed by atoms with Crippen LogP contribution in [0, 0.1) is 5.82 Å². The van der Waals surface area contributed by atoms with E-state index in [-0.39, 0.29) is 5.82 Å². The highest BCUT2D eigenvalue weighted by Crippen LogP contribution is 2.39. The van der Waals surface area contributed by atoms with E-state index in [9.17, 15) is 4.39 Å². The fourth-order valence-electron chi connectivity index (χ4n) is 1.86. The number of nitrogen functional groups attached to an aromatic ring is 1. The Bertz CT molecular complexity index is 551. The van der Waals surface area contributed by atoms with Crippen LogP contribution in [0.3, 0.4) is 0 Å². The third kappa shape index (κ3) is 1.25. The minimum absolute atomic E-state index is 0.227. The van der Waals surface area contributed by atoms with Gasteiger partial charge in [-0.25, -0.2) is 4.39 Å². The lowest BCUT2D eigenvalue weighted by Crippen LogP contribution is -1.90. The van der Waals surface area contributed by atoms with Crippen molar-refractivity contribution >= 4 is 5.82 Å². The van der Waals surface area contributed by atoms with Crippen molar-refractivity contribution in [2.75, 3.05) is 12.3 Å². The van der Waals surface area contributed by atoms with Gasteiger partial charge in [0.25, 0.3) is 0 Å². The van der Waals surface area contributed by atoms with Crippen LogP contribution in [0.25, 0.3) is 11.3 Å². The Morgan fingerprint density at radius 1 is 1.38 bits per heavy atom. The zero-order chi connectivity index (χ0) is 11.1. The molecular weight excluding hydrogens is 211 g/mol. The number of halogens is 1. The number of rotatable bonds is 1. The summed E-state index contributed by atoms with van der Waals surface area (Å²) in [5.74, 6) is 0.673. The molecule has 2 aromatic rings. The predicted molar refractivity (Wildman–Crippen MR) is 55.5 cm³/mol.